The van der Waals surface area contributed by atoms with Crippen LogP contribution in [0, 0.1) is 34.0 Å². The first-order valence-corrected chi connectivity index (χ1v) is 9.72. The molecular weight excluding hydrogens is 288 g/mol. The summed E-state index contributed by atoms with van der Waals surface area (Å²) in [6.07, 6.45) is 10.4. The van der Waals surface area contributed by atoms with E-state index in [1.165, 1.54) is 44.9 Å². The predicted molar refractivity (Wildman–Crippen MR) is 86.6 cm³/mol. The van der Waals surface area contributed by atoms with Crippen LogP contribution < -0.4 is 0 Å². The molecule has 5 aliphatic rings. The molecule has 1 spiro atoms. The summed E-state index contributed by atoms with van der Waals surface area (Å²) in [5, 5.41) is 10.9. The minimum Gasteiger partial charge on any atom is -0.465 e. The molecule has 3 heteroatoms. The molecule has 23 heavy (non-hydrogen) atoms. The fourth-order valence-corrected chi connectivity index (χ4v) is 8.36. The summed E-state index contributed by atoms with van der Waals surface area (Å²) in [6, 6.07) is 0. The van der Waals surface area contributed by atoms with Crippen molar-refractivity contribution in [3.63, 3.8) is 0 Å². The number of hydrogen-bond acceptors (Lipinski definition) is 3. The normalized spacial score (nSPS) is 60.7. The van der Waals surface area contributed by atoms with E-state index < -0.39 is 5.60 Å². The van der Waals surface area contributed by atoms with E-state index in [4.69, 9.17) is 4.74 Å². The molecule has 1 saturated heterocycles. The number of ether oxygens (including phenoxy) is 1. The molecule has 5 fully saturated rings. The van der Waals surface area contributed by atoms with E-state index in [0.717, 1.165) is 12.8 Å². The highest BCUT2D eigenvalue weighted by Crippen LogP contribution is 2.74. The van der Waals surface area contributed by atoms with E-state index in [2.05, 4.69) is 13.8 Å². The molecular formula is C20H30O3. The quantitative estimate of drug-likeness (QED) is 0.693. The first-order chi connectivity index (χ1) is 10.8. The van der Waals surface area contributed by atoms with Crippen molar-refractivity contribution in [2.45, 2.75) is 77.2 Å². The number of aliphatic hydroxyl groups is 1. The summed E-state index contributed by atoms with van der Waals surface area (Å²) in [5.41, 5.74) is -0.174. The van der Waals surface area contributed by atoms with Gasteiger partial charge in [0.2, 0.25) is 0 Å². The van der Waals surface area contributed by atoms with Gasteiger partial charge >= 0.3 is 5.97 Å². The van der Waals surface area contributed by atoms with Crippen LogP contribution >= 0.6 is 0 Å². The first kappa shape index (κ1) is 14.7. The molecule has 0 aromatic heterocycles. The van der Waals surface area contributed by atoms with Crippen LogP contribution in [0.3, 0.4) is 0 Å². The van der Waals surface area contributed by atoms with Gasteiger partial charge in [-0.25, -0.2) is 0 Å². The van der Waals surface area contributed by atoms with Gasteiger partial charge in [0.05, 0.1) is 17.6 Å². The second kappa shape index (κ2) is 4.15. The van der Waals surface area contributed by atoms with Crippen molar-refractivity contribution in [1.82, 2.24) is 0 Å². The van der Waals surface area contributed by atoms with Crippen LogP contribution in [0.1, 0.15) is 71.6 Å². The minimum atomic E-state index is -0.471. The Morgan fingerprint density at radius 1 is 1.09 bits per heavy atom. The summed E-state index contributed by atoms with van der Waals surface area (Å²) in [5.74, 6) is 1.74. The lowest BCUT2D eigenvalue weighted by molar-refractivity contribution is -0.233. The van der Waals surface area contributed by atoms with Crippen LogP contribution in [-0.4, -0.2) is 23.3 Å². The number of carbonyl (C=O) groups excluding carboxylic acids is 1. The Morgan fingerprint density at radius 2 is 1.91 bits per heavy atom. The fraction of sp³-hybridized carbons (Fsp3) is 0.950. The second-order valence-electron chi connectivity index (χ2n) is 10.1. The van der Waals surface area contributed by atoms with E-state index in [1.54, 1.807) is 0 Å². The molecule has 128 valence electrons. The van der Waals surface area contributed by atoms with Crippen LogP contribution in [-0.2, 0) is 9.53 Å². The van der Waals surface area contributed by atoms with Crippen molar-refractivity contribution in [3.05, 3.63) is 0 Å². The number of fused-ring (bicyclic) bond motifs is 1. The lowest BCUT2D eigenvalue weighted by Gasteiger charge is -2.66. The second-order valence-corrected chi connectivity index (χ2v) is 10.1. The van der Waals surface area contributed by atoms with Crippen molar-refractivity contribution < 1.29 is 14.6 Å². The SMILES string of the molecule is C[C@]1(O)C[C@@]23CC[C@H]4[C@]5(CCC[C@]4(C)C(=O)OC5)[C@H]2CC[C@@H]1C3. The van der Waals surface area contributed by atoms with Crippen molar-refractivity contribution in [2.75, 3.05) is 6.61 Å². The molecule has 3 nitrogen and oxygen atoms in total. The van der Waals surface area contributed by atoms with Gasteiger partial charge in [-0.2, -0.15) is 0 Å². The number of esters is 1. The Kier molecular flexibility index (Phi) is 2.66. The smallest absolute Gasteiger partial charge is 0.312 e. The molecule has 1 heterocycles. The Bertz CT molecular complexity index is 569. The zero-order valence-electron chi connectivity index (χ0n) is 14.6. The van der Waals surface area contributed by atoms with Crippen LogP contribution in [0.2, 0.25) is 0 Å². The van der Waals surface area contributed by atoms with Gasteiger partial charge in [0.1, 0.15) is 0 Å². The van der Waals surface area contributed by atoms with Crippen molar-refractivity contribution >= 4 is 5.97 Å². The van der Waals surface area contributed by atoms with Gasteiger partial charge in [-0.05, 0) is 88.4 Å². The van der Waals surface area contributed by atoms with Gasteiger partial charge in [-0.1, -0.05) is 6.42 Å². The molecule has 0 aromatic carbocycles. The summed E-state index contributed by atoms with van der Waals surface area (Å²) < 4.78 is 5.81. The van der Waals surface area contributed by atoms with E-state index in [-0.39, 0.29) is 16.8 Å². The highest BCUT2D eigenvalue weighted by molar-refractivity contribution is 5.78. The molecule has 4 bridgehead atoms. The predicted octanol–water partition coefficient (Wildman–Crippen LogP) is 3.69. The summed E-state index contributed by atoms with van der Waals surface area (Å²) >= 11 is 0. The average Bonchev–Trinajstić information content (AvgIpc) is 2.68. The highest BCUT2D eigenvalue weighted by Gasteiger charge is 2.70. The molecule has 4 aliphatic carbocycles. The van der Waals surface area contributed by atoms with Gasteiger partial charge in [0, 0.05) is 5.41 Å². The number of hydrogen-bond donors (Lipinski definition) is 1. The van der Waals surface area contributed by atoms with Crippen LogP contribution in [0.4, 0.5) is 0 Å². The van der Waals surface area contributed by atoms with Gasteiger partial charge in [-0.15, -0.1) is 0 Å². The largest absolute Gasteiger partial charge is 0.465 e. The molecule has 0 aromatic rings. The molecule has 0 unspecified atom stereocenters. The van der Waals surface area contributed by atoms with E-state index >= 15 is 0 Å². The maximum absolute atomic E-state index is 12.5. The van der Waals surface area contributed by atoms with Crippen LogP contribution in [0.15, 0.2) is 0 Å². The van der Waals surface area contributed by atoms with Gasteiger partial charge in [-0.3, -0.25) is 4.79 Å². The Hall–Kier alpha value is -0.570. The number of carbonyl (C=O) groups is 1. The molecule has 7 atom stereocenters. The topological polar surface area (TPSA) is 46.5 Å². The molecule has 5 rings (SSSR count). The zero-order valence-corrected chi connectivity index (χ0v) is 14.6. The first-order valence-electron chi connectivity index (χ1n) is 9.72. The number of cyclic esters (lactones) is 1. The third-order valence-electron chi connectivity index (χ3n) is 9.15. The monoisotopic (exact) mass is 318 g/mol. The van der Waals surface area contributed by atoms with Gasteiger partial charge in [0.25, 0.3) is 0 Å². The summed E-state index contributed by atoms with van der Waals surface area (Å²) in [4.78, 5) is 12.5. The van der Waals surface area contributed by atoms with E-state index in [1.807, 2.05) is 0 Å². The molecule has 1 aliphatic heterocycles. The van der Waals surface area contributed by atoms with Crippen molar-refractivity contribution in [3.8, 4) is 0 Å². The van der Waals surface area contributed by atoms with Crippen molar-refractivity contribution in [1.29, 1.82) is 0 Å². The van der Waals surface area contributed by atoms with Crippen LogP contribution in [0.5, 0.6) is 0 Å². The number of rotatable bonds is 0. The minimum absolute atomic E-state index is 0.0703. The zero-order chi connectivity index (χ0) is 16.1. The van der Waals surface area contributed by atoms with Crippen molar-refractivity contribution in [2.24, 2.45) is 34.0 Å². The summed E-state index contributed by atoms with van der Waals surface area (Å²) in [6.45, 7) is 4.91. The average molecular weight is 318 g/mol. The maximum atomic E-state index is 12.5. The maximum Gasteiger partial charge on any atom is 0.312 e. The molecule has 0 amide bonds. The Labute approximate surface area is 139 Å². The molecule has 0 radical (unpaired) electrons. The van der Waals surface area contributed by atoms with Gasteiger partial charge in [0.15, 0.2) is 0 Å². The van der Waals surface area contributed by atoms with E-state index in [9.17, 15) is 9.90 Å². The Morgan fingerprint density at radius 3 is 2.74 bits per heavy atom. The van der Waals surface area contributed by atoms with Crippen LogP contribution in [0.25, 0.3) is 0 Å². The molecule has 4 saturated carbocycles. The van der Waals surface area contributed by atoms with E-state index in [0.29, 0.717) is 29.8 Å². The third-order valence-corrected chi connectivity index (χ3v) is 9.15. The Balaban J connectivity index is 1.60. The fourth-order valence-electron chi connectivity index (χ4n) is 8.36. The summed E-state index contributed by atoms with van der Waals surface area (Å²) in [7, 11) is 0. The lowest BCUT2D eigenvalue weighted by atomic mass is 9.40. The standard InChI is InChI=1S/C20H30O3/c1-17-7-3-8-20(12-23-16(17)21)14(17)6-9-19-10-13(4-5-15(19)20)18(2,22)11-19/h13-15,22H,3-12H2,1-2H3/t13-,14-,15+,17+,18+,19+,20-/m1/s1. The third kappa shape index (κ3) is 1.59. The highest BCUT2D eigenvalue weighted by atomic mass is 16.5. The van der Waals surface area contributed by atoms with Gasteiger partial charge < -0.3 is 9.84 Å². The lowest BCUT2D eigenvalue weighted by Crippen LogP contribution is -2.64. The molecule has 1 N–H and O–H groups in total.